The lowest BCUT2D eigenvalue weighted by Gasteiger charge is -2.27. The molecule has 21 heavy (non-hydrogen) atoms. The quantitative estimate of drug-likeness (QED) is 0.887. The van der Waals surface area contributed by atoms with Crippen LogP contribution >= 0.6 is 11.6 Å². The monoisotopic (exact) mass is 332 g/mol. The minimum absolute atomic E-state index is 0.0629. The van der Waals surface area contributed by atoms with Crippen LogP contribution in [0.5, 0.6) is 0 Å². The van der Waals surface area contributed by atoms with E-state index in [1.165, 1.54) is 18.2 Å². The molecule has 0 saturated heterocycles. The van der Waals surface area contributed by atoms with Gasteiger partial charge in [-0.15, -0.1) is 0 Å². The zero-order chi connectivity index (χ0) is 16.4. The number of nitrogens with one attached hydrogen (secondary N) is 1. The lowest BCUT2D eigenvalue weighted by atomic mass is 9.82. The Morgan fingerprint density at radius 1 is 1.33 bits per heavy atom. The molecule has 0 heterocycles. The van der Waals surface area contributed by atoms with Crippen molar-refractivity contribution in [3.8, 4) is 0 Å². The van der Waals surface area contributed by atoms with Gasteiger partial charge in [0.2, 0.25) is 10.0 Å². The second-order valence-electron chi connectivity index (χ2n) is 6.20. The van der Waals surface area contributed by atoms with Crippen LogP contribution in [0.2, 0.25) is 5.02 Å². The summed E-state index contributed by atoms with van der Waals surface area (Å²) in [6.07, 6.45) is 0. The Labute approximate surface area is 130 Å². The highest BCUT2D eigenvalue weighted by molar-refractivity contribution is 7.89. The highest BCUT2D eigenvalue weighted by atomic mass is 35.5. The Bertz CT molecular complexity index is 636. The molecule has 0 fully saturated rings. The van der Waals surface area contributed by atoms with E-state index in [-0.39, 0.29) is 32.7 Å². The minimum atomic E-state index is -3.90. The van der Waals surface area contributed by atoms with E-state index in [0.717, 1.165) is 0 Å². The van der Waals surface area contributed by atoms with Crippen molar-refractivity contribution in [3.05, 3.63) is 28.8 Å². The number of benzene rings is 1. The average molecular weight is 333 g/mol. The number of nitrogens with two attached hydrogens (primary N) is 1. The van der Waals surface area contributed by atoms with Gasteiger partial charge in [-0.2, -0.15) is 0 Å². The largest absolute Gasteiger partial charge is 0.352 e. The minimum Gasteiger partial charge on any atom is -0.352 e. The number of amides is 1. The van der Waals surface area contributed by atoms with Gasteiger partial charge in [-0.3, -0.25) is 4.79 Å². The zero-order valence-electron chi connectivity index (χ0n) is 12.6. The van der Waals surface area contributed by atoms with Crippen molar-refractivity contribution < 1.29 is 13.2 Å². The first kappa shape index (κ1) is 17.9. The van der Waals surface area contributed by atoms with Gasteiger partial charge in [-0.1, -0.05) is 39.3 Å². The van der Waals surface area contributed by atoms with Crippen LogP contribution in [0.25, 0.3) is 0 Å². The molecule has 0 bridgehead atoms. The average Bonchev–Trinajstić information content (AvgIpc) is 2.32. The standard InChI is InChI=1S/C14H21ClN2O3S/c1-9(14(2,3)4)8-17-13(18)10-5-11(15)7-12(6-10)21(16,19)20/h5-7,9H,8H2,1-4H3,(H,17,18)(H2,16,19,20). The molecular weight excluding hydrogens is 312 g/mol. The second-order valence-corrected chi connectivity index (χ2v) is 8.20. The number of halogens is 1. The lowest BCUT2D eigenvalue weighted by molar-refractivity contribution is 0.0937. The molecular formula is C14H21ClN2O3S. The summed E-state index contributed by atoms with van der Waals surface area (Å²) >= 11 is 5.84. The molecule has 0 spiro atoms. The van der Waals surface area contributed by atoms with E-state index in [1.54, 1.807) is 0 Å². The van der Waals surface area contributed by atoms with Gasteiger partial charge in [0.15, 0.2) is 0 Å². The smallest absolute Gasteiger partial charge is 0.251 e. The Hall–Kier alpha value is -1.11. The number of rotatable bonds is 4. The van der Waals surface area contributed by atoms with Crippen molar-refractivity contribution in [1.82, 2.24) is 5.32 Å². The van der Waals surface area contributed by atoms with Gasteiger partial charge in [-0.05, 0) is 29.5 Å². The molecule has 0 aliphatic carbocycles. The van der Waals surface area contributed by atoms with Gasteiger partial charge < -0.3 is 5.32 Å². The van der Waals surface area contributed by atoms with Gasteiger partial charge in [0.25, 0.3) is 5.91 Å². The highest BCUT2D eigenvalue weighted by Crippen LogP contribution is 2.24. The first-order valence-corrected chi connectivity index (χ1v) is 8.45. The van der Waals surface area contributed by atoms with Crippen molar-refractivity contribution in [2.24, 2.45) is 16.5 Å². The molecule has 1 atom stereocenters. The lowest BCUT2D eigenvalue weighted by Crippen LogP contribution is -2.33. The fourth-order valence-electron chi connectivity index (χ4n) is 1.51. The predicted molar refractivity (Wildman–Crippen MR) is 83.8 cm³/mol. The molecule has 118 valence electrons. The van der Waals surface area contributed by atoms with Crippen molar-refractivity contribution in [3.63, 3.8) is 0 Å². The van der Waals surface area contributed by atoms with Crippen LogP contribution in [0, 0.1) is 11.3 Å². The second kappa shape index (κ2) is 6.34. The number of sulfonamides is 1. The van der Waals surface area contributed by atoms with E-state index in [1.807, 2.05) is 6.92 Å². The summed E-state index contributed by atoms with van der Waals surface area (Å²) in [5.74, 6) is -0.114. The number of carbonyl (C=O) groups excluding carboxylic acids is 1. The van der Waals surface area contributed by atoms with E-state index in [0.29, 0.717) is 6.54 Å². The number of primary sulfonamides is 1. The highest BCUT2D eigenvalue weighted by Gasteiger charge is 2.21. The molecule has 1 aromatic rings. The van der Waals surface area contributed by atoms with Gasteiger partial charge in [0, 0.05) is 17.1 Å². The third-order valence-electron chi connectivity index (χ3n) is 3.51. The first-order chi connectivity index (χ1) is 9.41. The maximum absolute atomic E-state index is 12.1. The Morgan fingerprint density at radius 3 is 2.38 bits per heavy atom. The molecule has 7 heteroatoms. The van der Waals surface area contributed by atoms with E-state index in [9.17, 15) is 13.2 Å². The maximum Gasteiger partial charge on any atom is 0.251 e. The number of carbonyl (C=O) groups is 1. The SMILES string of the molecule is CC(CNC(=O)c1cc(Cl)cc(S(N)(=O)=O)c1)C(C)(C)C. The molecule has 1 aromatic carbocycles. The van der Waals surface area contributed by atoms with Crippen LogP contribution in [0.15, 0.2) is 23.1 Å². The molecule has 0 aliphatic heterocycles. The van der Waals surface area contributed by atoms with Crippen molar-refractivity contribution >= 4 is 27.5 Å². The summed E-state index contributed by atoms with van der Waals surface area (Å²) in [7, 11) is -3.90. The van der Waals surface area contributed by atoms with E-state index in [4.69, 9.17) is 16.7 Å². The molecule has 1 rings (SSSR count). The van der Waals surface area contributed by atoms with Crippen LogP contribution in [-0.2, 0) is 10.0 Å². The molecule has 0 saturated carbocycles. The van der Waals surface area contributed by atoms with Gasteiger partial charge in [0.05, 0.1) is 4.90 Å². The summed E-state index contributed by atoms with van der Waals surface area (Å²) in [6.45, 7) is 8.78. The van der Waals surface area contributed by atoms with Crippen molar-refractivity contribution in [2.45, 2.75) is 32.6 Å². The third kappa shape index (κ3) is 5.30. The summed E-state index contributed by atoms with van der Waals surface area (Å²) in [4.78, 5) is 11.9. The predicted octanol–water partition coefficient (Wildman–Crippen LogP) is 2.40. The molecule has 0 aliphatic rings. The van der Waals surface area contributed by atoms with Crippen LogP contribution < -0.4 is 10.5 Å². The third-order valence-corrected chi connectivity index (χ3v) is 4.62. The Morgan fingerprint density at radius 2 is 1.90 bits per heavy atom. The van der Waals surface area contributed by atoms with Crippen LogP contribution in [0.3, 0.4) is 0 Å². The van der Waals surface area contributed by atoms with Gasteiger partial charge in [0.1, 0.15) is 0 Å². The Balaban J connectivity index is 2.92. The molecule has 1 amide bonds. The topological polar surface area (TPSA) is 89.3 Å². The molecule has 0 aromatic heterocycles. The van der Waals surface area contributed by atoms with Crippen LogP contribution in [0.1, 0.15) is 38.1 Å². The maximum atomic E-state index is 12.1. The Kier molecular flexibility index (Phi) is 5.41. The van der Waals surface area contributed by atoms with Crippen LogP contribution in [0.4, 0.5) is 0 Å². The first-order valence-electron chi connectivity index (χ1n) is 6.53. The zero-order valence-corrected chi connectivity index (χ0v) is 14.2. The van der Waals surface area contributed by atoms with Crippen LogP contribution in [-0.4, -0.2) is 20.9 Å². The summed E-state index contributed by atoms with van der Waals surface area (Å²) in [6, 6.07) is 3.84. The van der Waals surface area contributed by atoms with E-state index >= 15 is 0 Å². The molecule has 1 unspecified atom stereocenters. The molecule has 3 N–H and O–H groups in total. The van der Waals surface area contributed by atoms with E-state index < -0.39 is 10.0 Å². The number of hydrogen-bond acceptors (Lipinski definition) is 3. The molecule has 0 radical (unpaired) electrons. The van der Waals surface area contributed by atoms with Gasteiger partial charge in [-0.25, -0.2) is 13.6 Å². The number of hydrogen-bond donors (Lipinski definition) is 2. The summed E-state index contributed by atoms with van der Waals surface area (Å²) in [5, 5.41) is 7.98. The van der Waals surface area contributed by atoms with Gasteiger partial charge >= 0.3 is 0 Å². The van der Waals surface area contributed by atoms with E-state index in [2.05, 4.69) is 26.1 Å². The van der Waals surface area contributed by atoms with Crippen molar-refractivity contribution in [1.29, 1.82) is 0 Å². The van der Waals surface area contributed by atoms with Crippen molar-refractivity contribution in [2.75, 3.05) is 6.54 Å². The summed E-state index contributed by atoms with van der Waals surface area (Å²) < 4.78 is 22.7. The molecule has 5 nitrogen and oxygen atoms in total. The fraction of sp³-hybridized carbons (Fsp3) is 0.500. The normalized spacial score (nSPS) is 13.8. The fourth-order valence-corrected chi connectivity index (χ4v) is 2.39. The summed E-state index contributed by atoms with van der Waals surface area (Å²) in [5.41, 5.74) is 0.237.